The Bertz CT molecular complexity index is 814. The van der Waals surface area contributed by atoms with E-state index in [2.05, 4.69) is 91.8 Å². The fourth-order valence-corrected chi connectivity index (χ4v) is 3.65. The van der Waals surface area contributed by atoms with Crippen LogP contribution in [0.2, 0.25) is 0 Å². The fourth-order valence-electron chi connectivity index (χ4n) is 2.46. The van der Waals surface area contributed by atoms with Crippen molar-refractivity contribution in [1.29, 1.82) is 0 Å². The summed E-state index contributed by atoms with van der Waals surface area (Å²) >= 11 is 3.40. The van der Waals surface area contributed by atoms with E-state index in [0.717, 1.165) is 0 Å². The van der Waals surface area contributed by atoms with E-state index in [1.54, 1.807) is 22.7 Å². The normalized spacial score (nSPS) is 10.7. The van der Waals surface area contributed by atoms with E-state index in [1.807, 2.05) is 0 Å². The lowest BCUT2D eigenvalue weighted by Crippen LogP contribution is -2.30. The second-order valence-electron chi connectivity index (χ2n) is 4.97. The topological polar surface area (TPSA) is 7.76 Å². The van der Waals surface area contributed by atoms with Gasteiger partial charge in [0.05, 0.1) is 16.8 Å². The van der Waals surface area contributed by atoms with Crippen molar-refractivity contribution in [2.75, 3.05) is 0 Å². The van der Waals surface area contributed by atoms with Crippen LogP contribution in [0.4, 0.5) is 0 Å². The number of benzene rings is 2. The molecule has 0 amide bonds. The SMILES string of the molecule is c1ccc(-c2cc(-[n+]3ccsc3)cc(-[n+]3ccsc3)c2)cc1. The first-order valence-corrected chi connectivity index (χ1v) is 8.87. The molecule has 0 aliphatic carbocycles. The molecule has 0 spiro atoms. The lowest BCUT2D eigenvalue weighted by molar-refractivity contribution is -0.598. The highest BCUT2D eigenvalue weighted by Crippen LogP contribution is 2.23. The molecule has 0 saturated carbocycles. The molecular weight excluding hydrogens is 308 g/mol. The van der Waals surface area contributed by atoms with Crippen molar-refractivity contribution in [1.82, 2.24) is 0 Å². The molecule has 4 rings (SSSR count). The summed E-state index contributed by atoms with van der Waals surface area (Å²) in [4.78, 5) is 0. The summed E-state index contributed by atoms with van der Waals surface area (Å²) < 4.78 is 4.32. The smallest absolute Gasteiger partial charge is 0.157 e. The standard InChI is InChI=1S/C18H14N2S2/c1-2-4-15(5-3-1)16-10-17(19-6-8-21-13-19)12-18(11-16)20-7-9-22-14-20/h1-14H/q+2. The maximum atomic E-state index is 2.23. The largest absolute Gasteiger partial charge is 0.230 e. The lowest BCUT2D eigenvalue weighted by Gasteiger charge is -2.03. The van der Waals surface area contributed by atoms with Crippen LogP contribution in [0.1, 0.15) is 0 Å². The Morgan fingerprint density at radius 3 is 1.73 bits per heavy atom. The van der Waals surface area contributed by atoms with Gasteiger partial charge in [0.1, 0.15) is 0 Å². The molecule has 2 aromatic carbocycles. The molecule has 4 heteroatoms. The predicted octanol–water partition coefficient (Wildman–Crippen LogP) is 4.03. The minimum absolute atomic E-state index is 1.18. The summed E-state index contributed by atoms with van der Waals surface area (Å²) in [6.45, 7) is 0. The molecule has 2 nitrogen and oxygen atoms in total. The second-order valence-corrected chi connectivity index (χ2v) is 6.48. The molecule has 22 heavy (non-hydrogen) atoms. The highest BCUT2D eigenvalue weighted by molar-refractivity contribution is 7.07. The molecule has 2 heterocycles. The first kappa shape index (κ1) is 13.4. The van der Waals surface area contributed by atoms with Crippen LogP contribution in [0.15, 0.2) is 82.7 Å². The summed E-state index contributed by atoms with van der Waals surface area (Å²) in [5.41, 5.74) is 9.05. The summed E-state index contributed by atoms with van der Waals surface area (Å²) in [7, 11) is 0. The van der Waals surface area contributed by atoms with Crippen molar-refractivity contribution in [3.8, 4) is 22.5 Å². The Morgan fingerprint density at radius 1 is 0.636 bits per heavy atom. The number of hydrogen-bond donors (Lipinski definition) is 0. The quantitative estimate of drug-likeness (QED) is 0.503. The van der Waals surface area contributed by atoms with Crippen LogP contribution >= 0.6 is 22.7 Å². The molecule has 106 valence electrons. The Hall–Kier alpha value is -2.30. The van der Waals surface area contributed by atoms with Crippen molar-refractivity contribution in [2.24, 2.45) is 0 Å². The number of aromatic nitrogens is 2. The average molecular weight is 322 g/mol. The van der Waals surface area contributed by atoms with E-state index in [0.29, 0.717) is 0 Å². The summed E-state index contributed by atoms with van der Waals surface area (Å²) in [6.07, 6.45) is 4.19. The van der Waals surface area contributed by atoms with Crippen molar-refractivity contribution in [2.45, 2.75) is 0 Å². The molecule has 2 aromatic heterocycles. The van der Waals surface area contributed by atoms with Crippen molar-refractivity contribution >= 4 is 22.7 Å². The van der Waals surface area contributed by atoms with Gasteiger partial charge >= 0.3 is 0 Å². The van der Waals surface area contributed by atoms with Gasteiger partial charge in [0.15, 0.2) is 12.4 Å². The van der Waals surface area contributed by atoms with E-state index < -0.39 is 0 Å². The first-order valence-electron chi connectivity index (χ1n) is 6.98. The molecule has 0 unspecified atom stereocenters. The molecule has 0 radical (unpaired) electrons. The van der Waals surface area contributed by atoms with E-state index in [9.17, 15) is 0 Å². The van der Waals surface area contributed by atoms with Crippen LogP contribution in [-0.2, 0) is 0 Å². The van der Waals surface area contributed by atoms with Gasteiger partial charge in [-0.3, -0.25) is 0 Å². The van der Waals surface area contributed by atoms with Crippen molar-refractivity contribution in [3.05, 3.63) is 82.7 Å². The Balaban J connectivity index is 1.91. The number of rotatable bonds is 3. The zero-order chi connectivity index (χ0) is 14.8. The third-order valence-electron chi connectivity index (χ3n) is 3.55. The van der Waals surface area contributed by atoms with Crippen LogP contribution in [0, 0.1) is 0 Å². The van der Waals surface area contributed by atoms with E-state index in [-0.39, 0.29) is 0 Å². The van der Waals surface area contributed by atoms with Crippen LogP contribution < -0.4 is 9.13 Å². The van der Waals surface area contributed by atoms with Crippen molar-refractivity contribution < 1.29 is 9.13 Å². The molecule has 0 N–H and O–H groups in total. The summed E-state index contributed by atoms with van der Waals surface area (Å²) in [5, 5.41) is 4.18. The van der Waals surface area contributed by atoms with E-state index >= 15 is 0 Å². The number of thiazole rings is 2. The first-order chi connectivity index (χ1) is 10.9. The van der Waals surface area contributed by atoms with Crippen molar-refractivity contribution in [3.63, 3.8) is 0 Å². The van der Waals surface area contributed by atoms with Gasteiger partial charge in [-0.15, -0.1) is 0 Å². The molecule has 0 bridgehead atoms. The van der Waals surface area contributed by atoms with Gasteiger partial charge in [-0.1, -0.05) is 53.0 Å². The summed E-state index contributed by atoms with van der Waals surface area (Å²) in [6, 6.07) is 17.2. The van der Waals surface area contributed by atoms with Gasteiger partial charge in [0.25, 0.3) is 0 Å². The zero-order valence-corrected chi connectivity index (χ0v) is 13.4. The van der Waals surface area contributed by atoms with E-state index in [1.165, 1.54) is 22.5 Å². The van der Waals surface area contributed by atoms with Gasteiger partial charge in [-0.25, -0.2) is 0 Å². The van der Waals surface area contributed by atoms with Gasteiger partial charge in [0.2, 0.25) is 22.4 Å². The molecule has 0 fully saturated rings. The second kappa shape index (κ2) is 5.83. The lowest BCUT2D eigenvalue weighted by atomic mass is 10.0. The Morgan fingerprint density at radius 2 is 1.23 bits per heavy atom. The van der Waals surface area contributed by atoms with Gasteiger partial charge in [-0.05, 0) is 11.1 Å². The maximum Gasteiger partial charge on any atom is 0.230 e. The average Bonchev–Trinajstić information content (AvgIpc) is 3.29. The maximum absolute atomic E-state index is 2.23. The highest BCUT2D eigenvalue weighted by Gasteiger charge is 2.16. The molecule has 0 saturated heterocycles. The van der Waals surface area contributed by atoms with Gasteiger partial charge in [0, 0.05) is 12.1 Å². The Labute approximate surface area is 137 Å². The van der Waals surface area contributed by atoms with Gasteiger partial charge in [-0.2, -0.15) is 9.13 Å². The van der Waals surface area contributed by atoms with Crippen LogP contribution in [-0.4, -0.2) is 0 Å². The van der Waals surface area contributed by atoms with Crippen LogP contribution in [0.25, 0.3) is 22.5 Å². The highest BCUT2D eigenvalue weighted by atomic mass is 32.1. The van der Waals surface area contributed by atoms with Gasteiger partial charge < -0.3 is 0 Å². The Kier molecular flexibility index (Phi) is 3.54. The zero-order valence-electron chi connectivity index (χ0n) is 11.8. The van der Waals surface area contributed by atoms with E-state index in [4.69, 9.17) is 0 Å². The fraction of sp³-hybridized carbons (Fsp3) is 0. The molecule has 0 aliphatic heterocycles. The molecular formula is C18H14N2S2+2. The third kappa shape index (κ3) is 2.58. The van der Waals surface area contributed by atoms with Crippen LogP contribution in [0.5, 0.6) is 0 Å². The number of nitrogens with zero attached hydrogens (tertiary/aromatic N) is 2. The third-order valence-corrected chi connectivity index (χ3v) is 4.81. The van der Waals surface area contributed by atoms with Crippen LogP contribution in [0.3, 0.4) is 0 Å². The monoisotopic (exact) mass is 322 g/mol. The number of hydrogen-bond acceptors (Lipinski definition) is 2. The minimum Gasteiger partial charge on any atom is -0.157 e. The minimum atomic E-state index is 1.18. The molecule has 0 aliphatic rings. The summed E-state index contributed by atoms with van der Waals surface area (Å²) in [5.74, 6) is 0. The molecule has 4 aromatic rings. The predicted molar refractivity (Wildman–Crippen MR) is 90.7 cm³/mol. The molecule has 0 atom stereocenters.